The maximum atomic E-state index is 14.1. The van der Waals surface area contributed by atoms with E-state index in [0.717, 1.165) is 44.2 Å². The summed E-state index contributed by atoms with van der Waals surface area (Å²) >= 11 is 0. The lowest BCUT2D eigenvalue weighted by molar-refractivity contribution is -0.136. The van der Waals surface area contributed by atoms with E-state index in [1.807, 2.05) is 0 Å². The molecule has 0 amide bonds. The first-order valence-corrected chi connectivity index (χ1v) is 9.26. The molecule has 1 fully saturated rings. The molecule has 2 aliphatic rings. The van der Waals surface area contributed by atoms with Crippen molar-refractivity contribution in [3.05, 3.63) is 34.9 Å². The number of esters is 1. The van der Waals surface area contributed by atoms with E-state index >= 15 is 0 Å². The van der Waals surface area contributed by atoms with Crippen LogP contribution in [0.2, 0.25) is 0 Å². The number of cyclic esters (lactones) is 1. The minimum Gasteiger partial charge on any atom is -0.457 e. The quantitative estimate of drug-likeness (QED) is 0.842. The van der Waals surface area contributed by atoms with E-state index < -0.39 is 32.5 Å². The number of halogens is 2. The van der Waals surface area contributed by atoms with Crippen LogP contribution in [0.25, 0.3) is 5.57 Å². The lowest BCUT2D eigenvalue weighted by Crippen LogP contribution is -2.17. The van der Waals surface area contributed by atoms with Crippen molar-refractivity contribution in [2.75, 3.05) is 6.61 Å². The standard InChI is InChI=1S/C16H17F2NO4S/c17-12-6-10(7-13(18)15(12)24(19,21)22)11-8-23-16(20)14(11)9-4-2-1-3-5-9/h6-7,9H,1-5,8H2,(H2,19,21,22). The molecule has 0 saturated heterocycles. The highest BCUT2D eigenvalue weighted by Crippen LogP contribution is 2.38. The SMILES string of the molecule is NS(=O)(=O)c1c(F)cc(C2=C(C3CCCCC3)C(=O)OC2)cc1F. The van der Waals surface area contributed by atoms with Crippen LogP contribution in [-0.4, -0.2) is 21.0 Å². The molecule has 5 nitrogen and oxygen atoms in total. The molecule has 0 spiro atoms. The van der Waals surface area contributed by atoms with E-state index in [1.165, 1.54) is 0 Å². The first-order valence-electron chi connectivity index (χ1n) is 7.71. The van der Waals surface area contributed by atoms with Crippen LogP contribution in [0, 0.1) is 17.6 Å². The second kappa shape index (κ2) is 6.25. The van der Waals surface area contributed by atoms with E-state index in [1.54, 1.807) is 0 Å². The van der Waals surface area contributed by atoms with Crippen molar-refractivity contribution >= 4 is 21.6 Å². The van der Waals surface area contributed by atoms with Crippen molar-refractivity contribution in [3.8, 4) is 0 Å². The summed E-state index contributed by atoms with van der Waals surface area (Å²) in [6.45, 7) is -0.0712. The van der Waals surface area contributed by atoms with Gasteiger partial charge < -0.3 is 4.74 Å². The second-order valence-electron chi connectivity index (χ2n) is 6.12. The van der Waals surface area contributed by atoms with Crippen LogP contribution in [0.3, 0.4) is 0 Å². The third-order valence-electron chi connectivity index (χ3n) is 4.54. The van der Waals surface area contributed by atoms with Crippen LogP contribution in [0.1, 0.15) is 37.7 Å². The smallest absolute Gasteiger partial charge is 0.335 e. The Balaban J connectivity index is 2.09. The van der Waals surface area contributed by atoms with E-state index in [-0.39, 0.29) is 18.1 Å². The molecule has 1 heterocycles. The lowest BCUT2D eigenvalue weighted by Gasteiger charge is -2.22. The van der Waals surface area contributed by atoms with Gasteiger partial charge in [-0.15, -0.1) is 0 Å². The molecule has 0 radical (unpaired) electrons. The average Bonchev–Trinajstić information content (AvgIpc) is 2.87. The summed E-state index contributed by atoms with van der Waals surface area (Å²) in [5, 5.41) is 4.83. The van der Waals surface area contributed by atoms with Gasteiger partial charge >= 0.3 is 5.97 Å². The van der Waals surface area contributed by atoms with E-state index in [2.05, 4.69) is 0 Å². The van der Waals surface area contributed by atoms with Crippen molar-refractivity contribution in [3.63, 3.8) is 0 Å². The number of carbonyl (C=O) groups is 1. The van der Waals surface area contributed by atoms with Gasteiger partial charge in [0, 0.05) is 11.1 Å². The molecule has 0 atom stereocenters. The third-order valence-corrected chi connectivity index (χ3v) is 5.50. The number of primary sulfonamides is 1. The number of benzene rings is 1. The van der Waals surface area contributed by atoms with Gasteiger partial charge in [-0.2, -0.15) is 0 Å². The summed E-state index contributed by atoms with van der Waals surface area (Å²) in [4.78, 5) is 10.9. The van der Waals surface area contributed by atoms with Crippen molar-refractivity contribution in [2.45, 2.75) is 37.0 Å². The second-order valence-corrected chi connectivity index (χ2v) is 7.62. The van der Waals surface area contributed by atoms with Crippen LogP contribution < -0.4 is 5.14 Å². The number of carbonyl (C=O) groups excluding carboxylic acids is 1. The van der Waals surface area contributed by atoms with Gasteiger partial charge in [-0.25, -0.2) is 27.1 Å². The minimum atomic E-state index is -4.51. The molecule has 1 aromatic carbocycles. The van der Waals surface area contributed by atoms with Crippen LogP contribution in [0.5, 0.6) is 0 Å². The molecule has 24 heavy (non-hydrogen) atoms. The fraction of sp³-hybridized carbons (Fsp3) is 0.438. The van der Waals surface area contributed by atoms with Crippen LogP contribution in [-0.2, 0) is 19.6 Å². The normalized spacial score (nSPS) is 19.7. The predicted molar refractivity (Wildman–Crippen MR) is 82.2 cm³/mol. The summed E-state index contributed by atoms with van der Waals surface area (Å²) in [5.74, 6) is -3.01. The fourth-order valence-corrected chi connectivity index (χ4v) is 4.13. The van der Waals surface area contributed by atoms with Gasteiger partial charge in [0.05, 0.1) is 0 Å². The van der Waals surface area contributed by atoms with Gasteiger partial charge in [0.25, 0.3) is 0 Å². The van der Waals surface area contributed by atoms with Gasteiger partial charge in [0.2, 0.25) is 10.0 Å². The number of ether oxygens (including phenoxy) is 1. The highest BCUT2D eigenvalue weighted by Gasteiger charge is 2.34. The largest absolute Gasteiger partial charge is 0.457 e. The Labute approximate surface area is 138 Å². The Morgan fingerprint density at radius 2 is 1.67 bits per heavy atom. The number of nitrogens with two attached hydrogens (primary N) is 1. The zero-order valence-corrected chi connectivity index (χ0v) is 13.7. The molecule has 0 bridgehead atoms. The van der Waals surface area contributed by atoms with Crippen LogP contribution >= 0.6 is 0 Å². The van der Waals surface area contributed by atoms with E-state index in [9.17, 15) is 22.0 Å². The van der Waals surface area contributed by atoms with Crippen molar-refractivity contribution in [1.29, 1.82) is 0 Å². The molecule has 130 valence electrons. The summed E-state index contributed by atoms with van der Waals surface area (Å²) in [6.07, 6.45) is 4.73. The zero-order chi connectivity index (χ0) is 17.5. The van der Waals surface area contributed by atoms with Gasteiger partial charge in [-0.05, 0) is 36.5 Å². The zero-order valence-electron chi connectivity index (χ0n) is 12.8. The molecule has 0 unspecified atom stereocenters. The Kier molecular flexibility index (Phi) is 4.44. The Hall–Kier alpha value is -1.80. The third kappa shape index (κ3) is 3.08. The van der Waals surface area contributed by atoms with Crippen LogP contribution in [0.4, 0.5) is 8.78 Å². The molecule has 0 aromatic heterocycles. The first-order chi connectivity index (χ1) is 11.3. The maximum absolute atomic E-state index is 14.1. The van der Waals surface area contributed by atoms with Crippen molar-refractivity contribution in [2.24, 2.45) is 11.1 Å². The Bertz CT molecular complexity index is 803. The predicted octanol–water partition coefficient (Wildman–Crippen LogP) is 2.50. The molecule has 8 heteroatoms. The number of hydrogen-bond acceptors (Lipinski definition) is 4. The van der Waals surface area contributed by atoms with E-state index in [4.69, 9.17) is 9.88 Å². The molecular formula is C16H17F2NO4S. The summed E-state index contributed by atoms with van der Waals surface area (Å²) < 4.78 is 55.8. The molecule has 1 aromatic rings. The molecule has 1 aliphatic heterocycles. The fourth-order valence-electron chi connectivity index (χ4n) is 3.47. The van der Waals surface area contributed by atoms with Crippen molar-refractivity contribution < 1.29 is 26.7 Å². The first kappa shape index (κ1) is 17.0. The number of rotatable bonds is 3. The molecule has 3 rings (SSSR count). The highest BCUT2D eigenvalue weighted by atomic mass is 32.2. The minimum absolute atomic E-state index is 0.00721. The van der Waals surface area contributed by atoms with Crippen LogP contribution in [0.15, 0.2) is 22.6 Å². The lowest BCUT2D eigenvalue weighted by atomic mass is 9.81. The monoisotopic (exact) mass is 357 g/mol. The summed E-state index contributed by atoms with van der Waals surface area (Å²) in [6, 6.07) is 1.78. The average molecular weight is 357 g/mol. The number of hydrogen-bond donors (Lipinski definition) is 1. The summed E-state index contributed by atoms with van der Waals surface area (Å²) in [7, 11) is -4.51. The number of sulfonamides is 1. The Morgan fingerprint density at radius 3 is 2.21 bits per heavy atom. The molecular weight excluding hydrogens is 340 g/mol. The van der Waals surface area contributed by atoms with E-state index in [0.29, 0.717) is 11.1 Å². The molecule has 2 N–H and O–H groups in total. The maximum Gasteiger partial charge on any atom is 0.335 e. The van der Waals surface area contributed by atoms with Gasteiger partial charge in [-0.1, -0.05) is 19.3 Å². The van der Waals surface area contributed by atoms with Gasteiger partial charge in [0.15, 0.2) is 4.90 Å². The highest BCUT2D eigenvalue weighted by molar-refractivity contribution is 7.89. The summed E-state index contributed by atoms with van der Waals surface area (Å²) in [5.41, 5.74) is 0.992. The van der Waals surface area contributed by atoms with Gasteiger partial charge in [0.1, 0.15) is 18.2 Å². The van der Waals surface area contributed by atoms with Gasteiger partial charge in [-0.3, -0.25) is 0 Å². The Morgan fingerprint density at radius 1 is 1.08 bits per heavy atom. The topological polar surface area (TPSA) is 86.5 Å². The molecule has 1 saturated carbocycles. The van der Waals surface area contributed by atoms with Crippen molar-refractivity contribution in [1.82, 2.24) is 0 Å². The molecule has 1 aliphatic carbocycles.